The molecule has 0 amide bonds. The molecule has 0 unspecified atom stereocenters. The Balaban J connectivity index is 0.00000137. The molecule has 1 N–H and O–H groups in total. The summed E-state index contributed by atoms with van der Waals surface area (Å²) in [6.45, 7) is 13.7. The molecular formula is C14H30N4. The standard InChI is InChI=1S/C12H24N4.C2H6/c1-4-16-10-12(14-15-16)7-5-6-8-13-9-11(2)3;1-2/h10-11,13H,4-9H2,1-3H3;1-2H3. The molecule has 0 bridgehead atoms. The van der Waals surface area contributed by atoms with Gasteiger partial charge in [-0.1, -0.05) is 32.9 Å². The van der Waals surface area contributed by atoms with Crippen molar-refractivity contribution in [2.45, 2.75) is 60.4 Å². The maximum Gasteiger partial charge on any atom is 0.0827 e. The predicted molar refractivity (Wildman–Crippen MR) is 77.7 cm³/mol. The molecule has 0 radical (unpaired) electrons. The number of nitrogens with zero attached hydrogens (tertiary/aromatic N) is 3. The van der Waals surface area contributed by atoms with E-state index in [0.29, 0.717) is 0 Å². The normalized spacial score (nSPS) is 10.3. The molecule has 0 spiro atoms. The maximum absolute atomic E-state index is 4.13. The smallest absolute Gasteiger partial charge is 0.0827 e. The average Bonchev–Trinajstić information content (AvgIpc) is 2.83. The number of aryl methyl sites for hydroxylation is 2. The minimum atomic E-state index is 0.740. The van der Waals surface area contributed by atoms with Crippen molar-refractivity contribution in [2.75, 3.05) is 13.1 Å². The van der Waals surface area contributed by atoms with Gasteiger partial charge in [0.05, 0.1) is 5.69 Å². The molecule has 0 aliphatic carbocycles. The van der Waals surface area contributed by atoms with Crippen LogP contribution in [0, 0.1) is 5.92 Å². The van der Waals surface area contributed by atoms with Crippen LogP contribution in [-0.4, -0.2) is 28.1 Å². The highest BCUT2D eigenvalue weighted by atomic mass is 15.4. The molecule has 0 aliphatic heterocycles. The lowest BCUT2D eigenvalue weighted by atomic mass is 10.2. The van der Waals surface area contributed by atoms with Crippen LogP contribution in [0.5, 0.6) is 0 Å². The van der Waals surface area contributed by atoms with Gasteiger partial charge in [0.25, 0.3) is 0 Å². The fraction of sp³-hybridized carbons (Fsp3) is 0.857. The van der Waals surface area contributed by atoms with Crippen LogP contribution in [0.1, 0.15) is 53.2 Å². The Hall–Kier alpha value is -0.900. The fourth-order valence-electron chi connectivity index (χ4n) is 1.55. The van der Waals surface area contributed by atoms with Crippen molar-refractivity contribution in [1.29, 1.82) is 0 Å². The predicted octanol–water partition coefficient (Wildman–Crippen LogP) is 2.89. The van der Waals surface area contributed by atoms with E-state index >= 15 is 0 Å². The summed E-state index contributed by atoms with van der Waals surface area (Å²) in [6, 6.07) is 0. The number of aromatic nitrogens is 3. The molecule has 0 aliphatic rings. The minimum Gasteiger partial charge on any atom is -0.316 e. The third-order valence-corrected chi connectivity index (χ3v) is 2.50. The highest BCUT2D eigenvalue weighted by molar-refractivity contribution is 4.91. The van der Waals surface area contributed by atoms with Crippen LogP contribution in [0.4, 0.5) is 0 Å². The minimum absolute atomic E-state index is 0.740. The van der Waals surface area contributed by atoms with Crippen LogP contribution >= 0.6 is 0 Å². The third kappa shape index (κ3) is 8.23. The maximum atomic E-state index is 4.13. The summed E-state index contributed by atoms with van der Waals surface area (Å²) >= 11 is 0. The molecule has 106 valence electrons. The number of hydrogen-bond donors (Lipinski definition) is 1. The summed E-state index contributed by atoms with van der Waals surface area (Å²) in [6.07, 6.45) is 5.49. The molecule has 4 heteroatoms. The van der Waals surface area contributed by atoms with Gasteiger partial charge >= 0.3 is 0 Å². The fourth-order valence-corrected chi connectivity index (χ4v) is 1.55. The van der Waals surface area contributed by atoms with Gasteiger partial charge in [-0.15, -0.1) is 5.10 Å². The second-order valence-corrected chi connectivity index (χ2v) is 4.62. The second kappa shape index (κ2) is 11.2. The van der Waals surface area contributed by atoms with E-state index in [1.165, 1.54) is 12.8 Å². The van der Waals surface area contributed by atoms with E-state index in [4.69, 9.17) is 0 Å². The summed E-state index contributed by atoms with van der Waals surface area (Å²) in [5.41, 5.74) is 1.12. The number of unbranched alkanes of at least 4 members (excludes halogenated alkanes) is 1. The Morgan fingerprint density at radius 1 is 1.28 bits per heavy atom. The van der Waals surface area contributed by atoms with Gasteiger partial charge in [-0.3, -0.25) is 4.68 Å². The first kappa shape index (κ1) is 17.1. The molecule has 0 atom stereocenters. The lowest BCUT2D eigenvalue weighted by Crippen LogP contribution is -2.20. The number of rotatable bonds is 8. The van der Waals surface area contributed by atoms with E-state index in [1.807, 2.05) is 24.7 Å². The van der Waals surface area contributed by atoms with E-state index in [-0.39, 0.29) is 0 Å². The summed E-state index contributed by atoms with van der Waals surface area (Å²) in [4.78, 5) is 0. The Morgan fingerprint density at radius 2 is 2.00 bits per heavy atom. The van der Waals surface area contributed by atoms with E-state index < -0.39 is 0 Å². The van der Waals surface area contributed by atoms with Gasteiger partial charge in [0, 0.05) is 12.7 Å². The highest BCUT2D eigenvalue weighted by Gasteiger charge is 1.99. The molecule has 0 saturated heterocycles. The van der Waals surface area contributed by atoms with E-state index in [0.717, 1.165) is 37.7 Å². The first-order valence-electron chi connectivity index (χ1n) is 7.32. The molecule has 18 heavy (non-hydrogen) atoms. The quantitative estimate of drug-likeness (QED) is 0.725. The summed E-state index contributed by atoms with van der Waals surface area (Å²) in [7, 11) is 0. The molecule has 0 saturated carbocycles. The van der Waals surface area contributed by atoms with Gasteiger partial charge in [0.1, 0.15) is 0 Å². The molecule has 1 aromatic heterocycles. The summed E-state index contributed by atoms with van der Waals surface area (Å²) in [5, 5.41) is 11.6. The topological polar surface area (TPSA) is 42.7 Å². The second-order valence-electron chi connectivity index (χ2n) is 4.62. The van der Waals surface area contributed by atoms with Crippen molar-refractivity contribution < 1.29 is 0 Å². The molecule has 1 aromatic rings. The van der Waals surface area contributed by atoms with Crippen LogP contribution in [0.3, 0.4) is 0 Å². The van der Waals surface area contributed by atoms with Gasteiger partial charge in [0.15, 0.2) is 0 Å². The van der Waals surface area contributed by atoms with Crippen molar-refractivity contribution >= 4 is 0 Å². The Morgan fingerprint density at radius 3 is 2.56 bits per heavy atom. The van der Waals surface area contributed by atoms with E-state index in [1.54, 1.807) is 0 Å². The van der Waals surface area contributed by atoms with Gasteiger partial charge in [-0.2, -0.15) is 0 Å². The van der Waals surface area contributed by atoms with Crippen molar-refractivity contribution in [2.24, 2.45) is 5.92 Å². The molecule has 0 aromatic carbocycles. The van der Waals surface area contributed by atoms with Crippen molar-refractivity contribution in [3.63, 3.8) is 0 Å². The summed E-state index contributed by atoms with van der Waals surface area (Å²) in [5.74, 6) is 0.740. The van der Waals surface area contributed by atoms with Crippen LogP contribution in [0.15, 0.2) is 6.20 Å². The van der Waals surface area contributed by atoms with Gasteiger partial charge in [0.2, 0.25) is 0 Å². The molecule has 4 nitrogen and oxygen atoms in total. The van der Waals surface area contributed by atoms with Crippen LogP contribution < -0.4 is 5.32 Å². The van der Waals surface area contributed by atoms with Crippen molar-refractivity contribution in [3.05, 3.63) is 11.9 Å². The SMILES string of the molecule is CC.CCn1cc(CCCCNCC(C)C)nn1. The Bertz CT molecular complexity index is 281. The zero-order valence-electron chi connectivity index (χ0n) is 12.7. The number of hydrogen-bond acceptors (Lipinski definition) is 3. The van der Waals surface area contributed by atoms with Crippen LogP contribution in [-0.2, 0) is 13.0 Å². The largest absolute Gasteiger partial charge is 0.316 e. The van der Waals surface area contributed by atoms with Crippen LogP contribution in [0.2, 0.25) is 0 Å². The van der Waals surface area contributed by atoms with Gasteiger partial charge in [-0.25, -0.2) is 0 Å². The van der Waals surface area contributed by atoms with Crippen molar-refractivity contribution in [1.82, 2.24) is 20.3 Å². The lowest BCUT2D eigenvalue weighted by molar-refractivity contribution is 0.535. The molecular weight excluding hydrogens is 224 g/mol. The van der Waals surface area contributed by atoms with Crippen LogP contribution in [0.25, 0.3) is 0 Å². The monoisotopic (exact) mass is 254 g/mol. The van der Waals surface area contributed by atoms with Gasteiger partial charge in [-0.05, 0) is 45.2 Å². The molecule has 1 rings (SSSR count). The lowest BCUT2D eigenvalue weighted by Gasteiger charge is -2.06. The average molecular weight is 254 g/mol. The van der Waals surface area contributed by atoms with E-state index in [9.17, 15) is 0 Å². The zero-order chi connectivity index (χ0) is 13.8. The Labute approximate surface area is 112 Å². The van der Waals surface area contributed by atoms with Crippen molar-refractivity contribution in [3.8, 4) is 0 Å². The first-order chi connectivity index (χ1) is 8.72. The zero-order valence-corrected chi connectivity index (χ0v) is 12.7. The highest BCUT2D eigenvalue weighted by Crippen LogP contribution is 2.00. The van der Waals surface area contributed by atoms with Gasteiger partial charge < -0.3 is 5.32 Å². The number of nitrogens with one attached hydrogen (secondary N) is 1. The first-order valence-corrected chi connectivity index (χ1v) is 7.32. The third-order valence-electron chi connectivity index (χ3n) is 2.50. The summed E-state index contributed by atoms with van der Waals surface area (Å²) < 4.78 is 1.88. The van der Waals surface area contributed by atoms with E-state index in [2.05, 4.69) is 36.4 Å². The Kier molecular flexibility index (Phi) is 10.6. The molecule has 1 heterocycles. The molecule has 0 fully saturated rings.